The molecule has 0 aliphatic carbocycles. The van der Waals surface area contributed by atoms with Crippen LogP contribution in [0.1, 0.15) is 30.7 Å². The molecule has 0 aromatic carbocycles. The van der Waals surface area contributed by atoms with Crippen LogP contribution in [0.3, 0.4) is 0 Å². The summed E-state index contributed by atoms with van der Waals surface area (Å²) in [6, 6.07) is 0.377. The molecular formula is C19H34IN5S. The van der Waals surface area contributed by atoms with Gasteiger partial charge < -0.3 is 10.6 Å². The van der Waals surface area contributed by atoms with Gasteiger partial charge in [-0.1, -0.05) is 26.0 Å². The van der Waals surface area contributed by atoms with Crippen molar-refractivity contribution in [1.29, 1.82) is 0 Å². The number of aryl methyl sites for hydroxylation is 1. The zero-order chi connectivity index (χ0) is 18.7. The molecule has 1 aromatic heterocycles. The van der Waals surface area contributed by atoms with Crippen molar-refractivity contribution in [2.45, 2.75) is 40.3 Å². The Balaban J connectivity index is 0.00000625. The fourth-order valence-electron chi connectivity index (χ4n) is 2.63. The lowest BCUT2D eigenvalue weighted by molar-refractivity contribution is 0.190. The van der Waals surface area contributed by atoms with Crippen LogP contribution in [0.2, 0.25) is 0 Å². The lowest BCUT2D eigenvalue weighted by atomic mass is 10.0. The largest absolute Gasteiger partial charge is 0.357 e. The summed E-state index contributed by atoms with van der Waals surface area (Å²) in [5.41, 5.74) is 0. The molecule has 1 heterocycles. The van der Waals surface area contributed by atoms with Gasteiger partial charge in [0.15, 0.2) is 5.96 Å². The number of halogens is 1. The zero-order valence-electron chi connectivity index (χ0n) is 16.5. The van der Waals surface area contributed by atoms with Crippen molar-refractivity contribution in [3.05, 3.63) is 41.4 Å². The van der Waals surface area contributed by atoms with Crippen molar-refractivity contribution in [3.8, 4) is 0 Å². The minimum absolute atomic E-state index is 0. The molecule has 0 saturated heterocycles. The van der Waals surface area contributed by atoms with Crippen molar-refractivity contribution < 1.29 is 0 Å². The first-order valence-electron chi connectivity index (χ1n) is 8.91. The number of nitrogens with zero attached hydrogens (tertiary/aromatic N) is 3. The van der Waals surface area contributed by atoms with Crippen LogP contribution < -0.4 is 10.6 Å². The summed E-state index contributed by atoms with van der Waals surface area (Å²) in [6.45, 7) is 20.3. The number of aliphatic imine (C=N–C) groups is 1. The number of hydrogen-bond donors (Lipinski definition) is 2. The van der Waals surface area contributed by atoms with E-state index in [4.69, 9.17) is 0 Å². The molecule has 1 atom stereocenters. The molecule has 0 spiro atoms. The zero-order valence-corrected chi connectivity index (χ0v) is 19.6. The molecule has 0 fully saturated rings. The summed E-state index contributed by atoms with van der Waals surface area (Å²) >= 11 is 1.69. The van der Waals surface area contributed by atoms with Crippen molar-refractivity contribution in [3.63, 3.8) is 0 Å². The second-order valence-corrected chi connectivity index (χ2v) is 7.60. The highest BCUT2D eigenvalue weighted by Gasteiger charge is 2.20. The molecule has 7 heteroatoms. The van der Waals surface area contributed by atoms with Gasteiger partial charge >= 0.3 is 0 Å². The summed E-state index contributed by atoms with van der Waals surface area (Å²) in [6.07, 6.45) is 5.79. The predicted molar refractivity (Wildman–Crippen MR) is 126 cm³/mol. The summed E-state index contributed by atoms with van der Waals surface area (Å²) in [5.74, 6) is 1.34. The number of guanidine groups is 1. The maximum absolute atomic E-state index is 4.66. The highest BCUT2D eigenvalue weighted by molar-refractivity contribution is 14.0. The van der Waals surface area contributed by atoms with Crippen LogP contribution in [-0.4, -0.2) is 48.1 Å². The van der Waals surface area contributed by atoms with E-state index in [1.54, 1.807) is 11.3 Å². The lowest BCUT2D eigenvalue weighted by Crippen LogP contribution is -2.49. The minimum Gasteiger partial charge on any atom is -0.357 e. The molecular weight excluding hydrogens is 457 g/mol. The lowest BCUT2D eigenvalue weighted by Gasteiger charge is -2.33. The predicted octanol–water partition coefficient (Wildman–Crippen LogP) is 3.82. The van der Waals surface area contributed by atoms with E-state index in [0.717, 1.165) is 37.1 Å². The van der Waals surface area contributed by atoms with Crippen LogP contribution in [0, 0.1) is 12.8 Å². The van der Waals surface area contributed by atoms with Gasteiger partial charge in [0.2, 0.25) is 0 Å². The fourth-order valence-corrected chi connectivity index (χ4v) is 3.34. The van der Waals surface area contributed by atoms with Gasteiger partial charge in [-0.15, -0.1) is 48.5 Å². The molecule has 1 unspecified atom stereocenters. The van der Waals surface area contributed by atoms with E-state index in [1.807, 2.05) is 18.3 Å². The van der Waals surface area contributed by atoms with Gasteiger partial charge in [0.25, 0.3) is 0 Å². The van der Waals surface area contributed by atoms with Gasteiger partial charge in [-0.3, -0.25) is 4.90 Å². The van der Waals surface area contributed by atoms with E-state index in [1.165, 1.54) is 4.88 Å². The first-order valence-corrected chi connectivity index (χ1v) is 9.72. The highest BCUT2D eigenvalue weighted by Crippen LogP contribution is 2.12. The Labute approximate surface area is 180 Å². The molecule has 0 radical (unpaired) electrons. The van der Waals surface area contributed by atoms with E-state index in [0.29, 0.717) is 18.5 Å². The van der Waals surface area contributed by atoms with Crippen molar-refractivity contribution >= 4 is 41.3 Å². The maximum atomic E-state index is 4.66. The minimum atomic E-state index is 0. The average molecular weight is 491 g/mol. The Morgan fingerprint density at radius 1 is 1.31 bits per heavy atom. The Hall–Kier alpha value is -0.930. The SMILES string of the molecule is C=CCN(CC=C)C(CNC(=NCc1ncc(C)s1)NCC)C(C)C.I. The molecule has 0 aliphatic rings. The molecule has 1 aromatic rings. The smallest absolute Gasteiger partial charge is 0.191 e. The molecule has 148 valence electrons. The van der Waals surface area contributed by atoms with Crippen molar-refractivity contribution in [2.24, 2.45) is 10.9 Å². The molecule has 0 amide bonds. The standard InChI is InChI=1S/C19H33N5S.HI/c1-7-10-24(11-8-2)17(15(4)5)13-22-19(20-9-3)23-14-18-21-12-16(6)25-18;/h7-8,12,15,17H,1-2,9-11,13-14H2,3-6H3,(H2,20,22,23);1H. The second-order valence-electron chi connectivity index (χ2n) is 6.28. The van der Waals surface area contributed by atoms with Crippen molar-refractivity contribution in [2.75, 3.05) is 26.2 Å². The monoisotopic (exact) mass is 491 g/mol. The number of hydrogen-bond acceptors (Lipinski definition) is 4. The number of nitrogens with one attached hydrogen (secondary N) is 2. The van der Waals surface area contributed by atoms with Gasteiger partial charge in [0, 0.05) is 43.3 Å². The molecule has 0 aliphatic heterocycles. The van der Waals surface area contributed by atoms with E-state index in [-0.39, 0.29) is 24.0 Å². The Bertz CT molecular complexity index is 546. The molecule has 0 bridgehead atoms. The first kappa shape index (κ1) is 25.1. The summed E-state index contributed by atoms with van der Waals surface area (Å²) in [4.78, 5) is 12.6. The number of thiazole rings is 1. The van der Waals surface area contributed by atoms with Gasteiger partial charge in [0.05, 0.1) is 6.54 Å². The third-order valence-electron chi connectivity index (χ3n) is 3.83. The molecule has 5 nitrogen and oxygen atoms in total. The summed E-state index contributed by atoms with van der Waals surface area (Å²) in [5, 5.41) is 7.83. The van der Waals surface area contributed by atoms with Gasteiger partial charge in [0.1, 0.15) is 5.01 Å². The fraction of sp³-hybridized carbons (Fsp3) is 0.579. The molecule has 26 heavy (non-hydrogen) atoms. The van der Waals surface area contributed by atoms with Crippen LogP contribution in [0.25, 0.3) is 0 Å². The van der Waals surface area contributed by atoms with Gasteiger partial charge in [-0.25, -0.2) is 9.98 Å². The van der Waals surface area contributed by atoms with Gasteiger partial charge in [-0.05, 0) is 19.8 Å². The number of rotatable bonds is 11. The van der Waals surface area contributed by atoms with Crippen LogP contribution >= 0.6 is 35.3 Å². The van der Waals surface area contributed by atoms with E-state index < -0.39 is 0 Å². The normalized spacial score (nSPS) is 12.6. The quantitative estimate of drug-likeness (QED) is 0.214. The van der Waals surface area contributed by atoms with E-state index in [2.05, 4.69) is 66.4 Å². The summed E-state index contributed by atoms with van der Waals surface area (Å²) < 4.78 is 0. The average Bonchev–Trinajstić information content (AvgIpc) is 2.98. The molecule has 2 N–H and O–H groups in total. The first-order chi connectivity index (χ1) is 12.0. The maximum Gasteiger partial charge on any atom is 0.191 e. The molecule has 0 saturated carbocycles. The molecule has 1 rings (SSSR count). The Morgan fingerprint density at radius 2 is 1.96 bits per heavy atom. The number of aromatic nitrogens is 1. The summed E-state index contributed by atoms with van der Waals surface area (Å²) in [7, 11) is 0. The topological polar surface area (TPSA) is 52.5 Å². The van der Waals surface area contributed by atoms with E-state index in [9.17, 15) is 0 Å². The Kier molecular flexibility index (Phi) is 13.7. The third kappa shape index (κ3) is 9.14. The van der Waals surface area contributed by atoms with Gasteiger partial charge in [-0.2, -0.15) is 0 Å². The van der Waals surface area contributed by atoms with Crippen molar-refractivity contribution in [1.82, 2.24) is 20.5 Å². The van der Waals surface area contributed by atoms with Crippen LogP contribution in [0.5, 0.6) is 0 Å². The highest BCUT2D eigenvalue weighted by atomic mass is 127. The second kappa shape index (κ2) is 14.2. The van der Waals surface area contributed by atoms with Crippen LogP contribution in [0.4, 0.5) is 0 Å². The van der Waals surface area contributed by atoms with Crippen LogP contribution in [0.15, 0.2) is 36.5 Å². The van der Waals surface area contributed by atoms with Crippen LogP contribution in [-0.2, 0) is 6.54 Å². The third-order valence-corrected chi connectivity index (χ3v) is 4.73. The Morgan fingerprint density at radius 3 is 2.42 bits per heavy atom. The van der Waals surface area contributed by atoms with E-state index >= 15 is 0 Å².